The van der Waals surface area contributed by atoms with Crippen LogP contribution in [0.5, 0.6) is 0 Å². The van der Waals surface area contributed by atoms with Crippen LogP contribution in [0, 0.1) is 0 Å². The van der Waals surface area contributed by atoms with Crippen LogP contribution in [0.4, 0.5) is 0 Å². The third-order valence-electron chi connectivity index (χ3n) is 3.52. The highest BCUT2D eigenvalue weighted by Crippen LogP contribution is 2.20. The largest absolute Gasteiger partial charge is 0.312 e. The van der Waals surface area contributed by atoms with Crippen LogP contribution in [-0.4, -0.2) is 17.0 Å². The first-order valence-electron chi connectivity index (χ1n) is 7.04. The summed E-state index contributed by atoms with van der Waals surface area (Å²) in [7, 11) is 0.818. The summed E-state index contributed by atoms with van der Waals surface area (Å²) in [6.07, 6.45) is 1.03. The van der Waals surface area contributed by atoms with Crippen molar-refractivity contribution < 1.29 is 4.21 Å². The molecule has 2 unspecified atom stereocenters. The van der Waals surface area contributed by atoms with E-state index in [1.54, 1.807) is 12.1 Å². The molecule has 0 aliphatic heterocycles. The second-order valence-electron chi connectivity index (χ2n) is 4.91. The van der Waals surface area contributed by atoms with Gasteiger partial charge in [0.25, 0.3) is 0 Å². The molecule has 2 nitrogen and oxygen atoms in total. The lowest BCUT2D eigenvalue weighted by Crippen LogP contribution is -2.22. The van der Waals surface area contributed by atoms with Crippen molar-refractivity contribution >= 4 is 22.4 Å². The van der Waals surface area contributed by atoms with Crippen molar-refractivity contribution in [3.05, 3.63) is 64.7 Å². The molecule has 0 saturated heterocycles. The summed E-state index contributed by atoms with van der Waals surface area (Å²) in [5.74, 6) is 0.530. The molecule has 0 aliphatic carbocycles. The van der Waals surface area contributed by atoms with Gasteiger partial charge in [-0.2, -0.15) is 0 Å². The van der Waals surface area contributed by atoms with Crippen LogP contribution >= 0.6 is 11.6 Å². The molecular weight excluding hydrogens is 302 g/mol. The van der Waals surface area contributed by atoms with Gasteiger partial charge >= 0.3 is 0 Å². The highest BCUT2D eigenvalue weighted by atomic mass is 35.5. The van der Waals surface area contributed by atoms with E-state index in [4.69, 9.17) is 11.6 Å². The molecule has 4 heteroatoms. The van der Waals surface area contributed by atoms with Crippen LogP contribution in [0.25, 0.3) is 0 Å². The number of halogens is 1. The monoisotopic (exact) mass is 321 g/mol. The topological polar surface area (TPSA) is 29.1 Å². The molecule has 2 aromatic carbocycles. The van der Waals surface area contributed by atoms with E-state index in [0.29, 0.717) is 10.8 Å². The number of aryl methyl sites for hydroxylation is 1. The molecule has 2 rings (SSSR count). The summed E-state index contributed by atoms with van der Waals surface area (Å²) in [5, 5.41) is 3.86. The number of hydrogen-bond donors (Lipinski definition) is 1. The van der Waals surface area contributed by atoms with E-state index in [1.807, 2.05) is 19.2 Å². The van der Waals surface area contributed by atoms with Crippen molar-refractivity contribution in [3.8, 4) is 0 Å². The van der Waals surface area contributed by atoms with Gasteiger partial charge in [-0.15, -0.1) is 0 Å². The summed E-state index contributed by atoms with van der Waals surface area (Å²) < 4.78 is 12.5. The Morgan fingerprint density at radius 3 is 2.48 bits per heavy atom. The van der Waals surface area contributed by atoms with Crippen LogP contribution in [0.2, 0.25) is 5.02 Å². The van der Waals surface area contributed by atoms with E-state index < -0.39 is 10.8 Å². The Bertz CT molecular complexity index is 612. The highest BCUT2D eigenvalue weighted by Gasteiger charge is 2.14. The van der Waals surface area contributed by atoms with Gasteiger partial charge in [0.05, 0.1) is 10.8 Å². The van der Waals surface area contributed by atoms with Crippen LogP contribution in [0.3, 0.4) is 0 Å². The Hall–Kier alpha value is -1.16. The molecule has 0 aromatic heterocycles. The molecule has 0 saturated carbocycles. The Morgan fingerprint density at radius 2 is 1.90 bits per heavy atom. The molecule has 0 amide bonds. The quantitative estimate of drug-likeness (QED) is 0.872. The standard InChI is InChI=1S/C17H20ClNOS/c1-3-13-7-9-14(10-8-13)17(19-2)12-21(20)16-6-4-5-15(18)11-16/h4-11,17,19H,3,12H2,1-2H3. The van der Waals surface area contributed by atoms with E-state index in [2.05, 4.69) is 36.5 Å². The number of benzene rings is 2. The molecule has 0 heterocycles. The number of hydrogen-bond acceptors (Lipinski definition) is 2. The van der Waals surface area contributed by atoms with Gasteiger partial charge in [0.1, 0.15) is 0 Å². The van der Waals surface area contributed by atoms with Crippen molar-refractivity contribution in [1.82, 2.24) is 5.32 Å². The SMILES string of the molecule is CCc1ccc(C(CS(=O)c2cccc(Cl)c2)NC)cc1. The fourth-order valence-corrected chi connectivity index (χ4v) is 3.79. The second-order valence-corrected chi connectivity index (χ2v) is 6.84. The summed E-state index contributed by atoms with van der Waals surface area (Å²) in [5.41, 5.74) is 2.47. The van der Waals surface area contributed by atoms with E-state index >= 15 is 0 Å². The first-order valence-corrected chi connectivity index (χ1v) is 8.73. The lowest BCUT2D eigenvalue weighted by molar-refractivity contribution is 0.635. The predicted molar refractivity (Wildman–Crippen MR) is 90.3 cm³/mol. The first-order chi connectivity index (χ1) is 10.1. The van der Waals surface area contributed by atoms with Crippen molar-refractivity contribution in [2.75, 3.05) is 12.8 Å². The normalized spacial score (nSPS) is 13.9. The molecule has 21 heavy (non-hydrogen) atoms. The first kappa shape index (κ1) is 16.2. The molecule has 0 bridgehead atoms. The van der Waals surface area contributed by atoms with Gasteiger partial charge in [-0.1, -0.05) is 48.9 Å². The van der Waals surface area contributed by atoms with Crippen molar-refractivity contribution in [3.63, 3.8) is 0 Å². The Balaban J connectivity index is 2.12. The molecule has 0 fully saturated rings. The van der Waals surface area contributed by atoms with Crippen LogP contribution < -0.4 is 5.32 Å². The fraction of sp³-hybridized carbons (Fsp3) is 0.294. The Kier molecular flexibility index (Phi) is 5.97. The zero-order valence-corrected chi connectivity index (χ0v) is 13.9. The highest BCUT2D eigenvalue weighted by molar-refractivity contribution is 7.85. The minimum Gasteiger partial charge on any atom is -0.312 e. The zero-order valence-electron chi connectivity index (χ0n) is 12.3. The minimum absolute atomic E-state index is 0.0655. The smallest absolute Gasteiger partial charge is 0.0549 e. The van der Waals surface area contributed by atoms with Crippen LogP contribution in [0.15, 0.2) is 53.4 Å². The Morgan fingerprint density at radius 1 is 1.19 bits per heavy atom. The van der Waals surface area contributed by atoms with Crippen molar-refractivity contribution in [1.29, 1.82) is 0 Å². The van der Waals surface area contributed by atoms with Gasteiger partial charge in [-0.3, -0.25) is 4.21 Å². The van der Waals surface area contributed by atoms with Crippen LogP contribution in [-0.2, 0) is 17.2 Å². The van der Waals surface area contributed by atoms with E-state index in [9.17, 15) is 4.21 Å². The van der Waals surface area contributed by atoms with Gasteiger partial charge in [0.2, 0.25) is 0 Å². The molecule has 0 radical (unpaired) electrons. The van der Waals surface area contributed by atoms with Crippen molar-refractivity contribution in [2.24, 2.45) is 0 Å². The van der Waals surface area contributed by atoms with E-state index in [1.165, 1.54) is 5.56 Å². The zero-order chi connectivity index (χ0) is 15.2. The maximum Gasteiger partial charge on any atom is 0.0549 e. The van der Waals surface area contributed by atoms with Gasteiger partial charge in [0.15, 0.2) is 0 Å². The third-order valence-corrected chi connectivity index (χ3v) is 5.17. The maximum absolute atomic E-state index is 12.5. The Labute approximate surface area is 134 Å². The van der Waals surface area contributed by atoms with Gasteiger partial charge in [-0.05, 0) is 42.8 Å². The minimum atomic E-state index is -1.08. The molecule has 2 aromatic rings. The number of rotatable bonds is 6. The second kappa shape index (κ2) is 7.74. The molecule has 0 aliphatic rings. The third kappa shape index (κ3) is 4.40. The molecule has 0 spiro atoms. The molecular formula is C17H20ClNOS. The number of nitrogens with one attached hydrogen (secondary N) is 1. The molecule has 1 N–H and O–H groups in total. The lowest BCUT2D eigenvalue weighted by Gasteiger charge is -2.17. The van der Waals surface area contributed by atoms with Gasteiger partial charge in [-0.25, -0.2) is 0 Å². The summed E-state index contributed by atoms with van der Waals surface area (Å²) in [6.45, 7) is 2.14. The van der Waals surface area contributed by atoms with Crippen molar-refractivity contribution in [2.45, 2.75) is 24.3 Å². The van der Waals surface area contributed by atoms with Gasteiger partial charge < -0.3 is 5.32 Å². The van der Waals surface area contributed by atoms with Crippen LogP contribution in [0.1, 0.15) is 24.1 Å². The van der Waals surface area contributed by atoms with Gasteiger partial charge in [0, 0.05) is 21.7 Å². The summed E-state index contributed by atoms with van der Waals surface area (Å²) in [6, 6.07) is 15.8. The maximum atomic E-state index is 12.5. The average molecular weight is 322 g/mol. The van der Waals surface area contributed by atoms with E-state index in [-0.39, 0.29) is 6.04 Å². The summed E-state index contributed by atoms with van der Waals surface area (Å²) >= 11 is 5.96. The predicted octanol–water partition coefficient (Wildman–Crippen LogP) is 3.97. The summed E-state index contributed by atoms with van der Waals surface area (Å²) in [4.78, 5) is 0.771. The fourth-order valence-electron chi connectivity index (χ4n) is 2.19. The average Bonchev–Trinajstić information content (AvgIpc) is 2.52. The molecule has 112 valence electrons. The molecule has 2 atom stereocenters. The van der Waals surface area contributed by atoms with E-state index in [0.717, 1.165) is 16.9 Å². The lowest BCUT2D eigenvalue weighted by atomic mass is 10.1.